The van der Waals surface area contributed by atoms with Crippen molar-refractivity contribution in [3.8, 4) is 0 Å². The Morgan fingerprint density at radius 2 is 0.612 bits per heavy atom. The van der Waals surface area contributed by atoms with E-state index in [1.807, 2.05) is 12.2 Å². The molecule has 0 aliphatic carbocycles. The summed E-state index contributed by atoms with van der Waals surface area (Å²) in [6.45, 7) is 6.46. The minimum atomic E-state index is -0.808. The van der Waals surface area contributed by atoms with Gasteiger partial charge in [0.05, 0.1) is 0 Å². The van der Waals surface area contributed by atoms with Gasteiger partial charge >= 0.3 is 17.9 Å². The van der Waals surface area contributed by atoms with Crippen LogP contribution in [0, 0.1) is 0 Å². The van der Waals surface area contributed by atoms with Crippen LogP contribution in [0.1, 0.15) is 290 Å². The summed E-state index contributed by atoms with van der Waals surface area (Å²) in [5, 5.41) is 0. The van der Waals surface area contributed by atoms with Gasteiger partial charge in [-0.1, -0.05) is 261 Å². The van der Waals surface area contributed by atoms with Crippen LogP contribution in [0.2, 0.25) is 0 Å². The van der Waals surface area contributed by atoms with Crippen LogP contribution < -0.4 is 0 Å². The van der Waals surface area contributed by atoms with E-state index in [2.05, 4.69) is 69.4 Å². The van der Waals surface area contributed by atoms with Gasteiger partial charge in [-0.3, -0.25) is 14.4 Å². The zero-order chi connectivity index (χ0) is 48.6. The first-order valence-electron chi connectivity index (χ1n) is 28.8. The number of carbonyl (C=O) groups excluding carboxylic acids is 3. The molecule has 0 radical (unpaired) electrons. The summed E-state index contributed by atoms with van der Waals surface area (Å²) in [5.41, 5.74) is 0. The summed E-state index contributed by atoms with van der Waals surface area (Å²) < 4.78 is 16.7. The van der Waals surface area contributed by atoms with Crippen molar-refractivity contribution in [3.05, 3.63) is 60.8 Å². The van der Waals surface area contributed by atoms with Crippen LogP contribution in [0.25, 0.3) is 0 Å². The van der Waals surface area contributed by atoms with Crippen molar-refractivity contribution in [1.29, 1.82) is 0 Å². The van der Waals surface area contributed by atoms with Gasteiger partial charge in [-0.15, -0.1) is 0 Å². The van der Waals surface area contributed by atoms with Crippen molar-refractivity contribution in [2.75, 3.05) is 13.2 Å². The molecule has 0 spiro atoms. The molecule has 0 saturated heterocycles. The van der Waals surface area contributed by atoms with Gasteiger partial charge in [0.15, 0.2) is 6.10 Å². The maximum absolute atomic E-state index is 12.7. The zero-order valence-corrected chi connectivity index (χ0v) is 44.4. The summed E-state index contributed by atoms with van der Waals surface area (Å²) in [7, 11) is 0. The summed E-state index contributed by atoms with van der Waals surface area (Å²) >= 11 is 0. The highest BCUT2D eigenvalue weighted by atomic mass is 16.6. The molecule has 0 bridgehead atoms. The Morgan fingerprint density at radius 3 is 0.970 bits per heavy atom. The van der Waals surface area contributed by atoms with E-state index < -0.39 is 6.10 Å². The molecule has 388 valence electrons. The summed E-state index contributed by atoms with van der Waals surface area (Å²) in [4.78, 5) is 37.9. The highest BCUT2D eigenvalue weighted by Gasteiger charge is 2.19. The van der Waals surface area contributed by atoms with E-state index in [0.29, 0.717) is 19.3 Å². The number of ether oxygens (including phenoxy) is 3. The van der Waals surface area contributed by atoms with E-state index in [0.717, 1.165) is 64.2 Å². The van der Waals surface area contributed by atoms with E-state index in [9.17, 15) is 14.4 Å². The van der Waals surface area contributed by atoms with Gasteiger partial charge in [0.25, 0.3) is 0 Å². The molecule has 0 aromatic rings. The lowest BCUT2D eigenvalue weighted by atomic mass is 10.0. The van der Waals surface area contributed by atoms with Crippen LogP contribution in [0.4, 0.5) is 0 Å². The molecule has 1 atom stereocenters. The van der Waals surface area contributed by atoms with Crippen LogP contribution in [0.3, 0.4) is 0 Å². The first-order valence-corrected chi connectivity index (χ1v) is 28.8. The summed E-state index contributed by atoms with van der Waals surface area (Å²) in [6, 6.07) is 0. The number of allylic oxidation sites excluding steroid dienone is 10. The quantitative estimate of drug-likeness (QED) is 0.0262. The monoisotopic (exact) mass is 937 g/mol. The second kappa shape index (κ2) is 55.7. The van der Waals surface area contributed by atoms with Crippen LogP contribution in [0.5, 0.6) is 0 Å². The summed E-state index contributed by atoms with van der Waals surface area (Å²) in [6.07, 6.45) is 69.7. The van der Waals surface area contributed by atoms with Gasteiger partial charge in [0, 0.05) is 19.3 Å². The minimum absolute atomic E-state index is 0.100. The fraction of sp³-hybridized carbons (Fsp3) is 0.787. The fourth-order valence-corrected chi connectivity index (χ4v) is 8.22. The smallest absolute Gasteiger partial charge is 0.306 e. The second-order valence-corrected chi connectivity index (χ2v) is 19.2. The molecule has 0 rings (SSSR count). The Labute approximate surface area is 415 Å². The molecule has 0 aromatic heterocycles. The topological polar surface area (TPSA) is 78.9 Å². The number of esters is 3. The van der Waals surface area contributed by atoms with E-state index in [1.165, 1.54) is 180 Å². The number of carbonyl (C=O) groups is 3. The lowest BCUT2D eigenvalue weighted by Crippen LogP contribution is -2.30. The Hall–Kier alpha value is -2.89. The predicted molar refractivity (Wildman–Crippen MR) is 288 cm³/mol. The average molecular weight is 938 g/mol. The highest BCUT2D eigenvalue weighted by molar-refractivity contribution is 5.71. The predicted octanol–water partition coefficient (Wildman–Crippen LogP) is 19.2. The molecule has 0 heterocycles. The van der Waals surface area contributed by atoms with Gasteiger partial charge in [-0.2, -0.15) is 0 Å². The third-order valence-electron chi connectivity index (χ3n) is 12.5. The van der Waals surface area contributed by atoms with Crippen molar-refractivity contribution in [2.24, 2.45) is 0 Å². The lowest BCUT2D eigenvalue weighted by molar-refractivity contribution is -0.166. The normalized spacial score (nSPS) is 12.5. The molecule has 0 aliphatic heterocycles. The average Bonchev–Trinajstić information content (AvgIpc) is 3.33. The molecule has 0 N–H and O–H groups in total. The molecule has 0 aliphatic rings. The van der Waals surface area contributed by atoms with Crippen LogP contribution in [-0.4, -0.2) is 37.2 Å². The SMILES string of the molecule is CC/C=C\C/C=C\C/C=C\C/C=C\CCC(=O)OC(COC(=O)CCCCCCCCCCC)COC(=O)CCCCCCCCCCCCCCCCC/C=C\CCCCCCCCCC. The standard InChI is InChI=1S/C61H108O6/c1-4-7-10-13-16-19-21-23-24-25-26-27-28-29-30-31-32-33-34-35-36-38-39-42-45-48-51-54-60(63)66-57-58(56-65-59(62)53-50-47-44-41-18-15-12-9-6-3)67-61(64)55-52-49-46-43-40-37-22-20-17-14-11-8-5-2/h8,11,17,20,25-26,37,40,46,49,58H,4-7,9-10,12-16,18-19,21-24,27-36,38-39,41-45,47-48,50-57H2,1-3H3/b11-8-,20-17-,26-25-,40-37-,49-46-. The minimum Gasteiger partial charge on any atom is -0.462 e. The molecular weight excluding hydrogens is 829 g/mol. The van der Waals surface area contributed by atoms with Crippen molar-refractivity contribution < 1.29 is 28.6 Å². The first-order chi connectivity index (χ1) is 33.0. The van der Waals surface area contributed by atoms with Gasteiger partial charge < -0.3 is 14.2 Å². The van der Waals surface area contributed by atoms with Crippen molar-refractivity contribution >= 4 is 17.9 Å². The van der Waals surface area contributed by atoms with Gasteiger partial charge in [0.2, 0.25) is 0 Å². The first kappa shape index (κ1) is 64.1. The van der Waals surface area contributed by atoms with E-state index in [4.69, 9.17) is 14.2 Å². The molecular formula is C61H108O6. The Balaban J connectivity index is 4.16. The number of rotatable bonds is 52. The molecule has 0 amide bonds. The van der Waals surface area contributed by atoms with E-state index in [-0.39, 0.29) is 37.5 Å². The van der Waals surface area contributed by atoms with Crippen LogP contribution >= 0.6 is 0 Å². The van der Waals surface area contributed by atoms with Crippen molar-refractivity contribution in [2.45, 2.75) is 297 Å². The second-order valence-electron chi connectivity index (χ2n) is 19.2. The van der Waals surface area contributed by atoms with E-state index >= 15 is 0 Å². The number of hydrogen-bond donors (Lipinski definition) is 0. The third kappa shape index (κ3) is 53.9. The molecule has 67 heavy (non-hydrogen) atoms. The number of unbranched alkanes of at least 4 members (excludes halogenated alkanes) is 31. The molecule has 6 heteroatoms. The summed E-state index contributed by atoms with van der Waals surface area (Å²) in [5.74, 6) is -0.977. The Morgan fingerprint density at radius 1 is 0.313 bits per heavy atom. The largest absolute Gasteiger partial charge is 0.462 e. The zero-order valence-electron chi connectivity index (χ0n) is 44.4. The van der Waals surface area contributed by atoms with Crippen LogP contribution in [0.15, 0.2) is 60.8 Å². The van der Waals surface area contributed by atoms with E-state index in [1.54, 1.807) is 0 Å². The number of hydrogen-bond acceptors (Lipinski definition) is 6. The maximum Gasteiger partial charge on any atom is 0.306 e. The molecule has 6 nitrogen and oxygen atoms in total. The van der Waals surface area contributed by atoms with Gasteiger partial charge in [0.1, 0.15) is 13.2 Å². The highest BCUT2D eigenvalue weighted by Crippen LogP contribution is 2.16. The molecule has 0 fully saturated rings. The van der Waals surface area contributed by atoms with Gasteiger partial charge in [-0.25, -0.2) is 0 Å². The Kier molecular flexibility index (Phi) is 53.3. The van der Waals surface area contributed by atoms with Crippen molar-refractivity contribution in [3.63, 3.8) is 0 Å². The Bertz CT molecular complexity index is 1210. The fourth-order valence-electron chi connectivity index (χ4n) is 8.22. The van der Waals surface area contributed by atoms with Crippen molar-refractivity contribution in [1.82, 2.24) is 0 Å². The lowest BCUT2D eigenvalue weighted by Gasteiger charge is -2.18. The third-order valence-corrected chi connectivity index (χ3v) is 12.5. The molecule has 0 aromatic carbocycles. The molecule has 1 unspecified atom stereocenters. The molecule has 0 saturated carbocycles. The van der Waals surface area contributed by atoms with Gasteiger partial charge in [-0.05, 0) is 70.6 Å². The maximum atomic E-state index is 12.7. The van der Waals surface area contributed by atoms with Crippen LogP contribution in [-0.2, 0) is 28.6 Å².